The number of anilines is 1. The Kier molecular flexibility index (Phi) is 3.70. The maximum Gasteiger partial charge on any atom is 0.329 e. The lowest BCUT2D eigenvalue weighted by Gasteiger charge is -2.20. The minimum Gasteiger partial charge on any atom is -0.350 e. The lowest BCUT2D eigenvalue weighted by molar-refractivity contribution is -0.384. The summed E-state index contributed by atoms with van der Waals surface area (Å²) in [7, 11) is 0. The molecule has 6 nitrogen and oxygen atoms in total. The molecule has 2 heterocycles. The minimum atomic E-state index is -0.469. The average molecular weight is 305 g/mol. The van der Waals surface area contributed by atoms with Gasteiger partial charge in [0, 0.05) is 13.1 Å². The molecular formula is C14H13ClN4O2. The molecule has 0 fully saturated rings. The van der Waals surface area contributed by atoms with Gasteiger partial charge in [0.2, 0.25) is 11.1 Å². The number of hydrogen-bond acceptors (Lipinski definition) is 5. The maximum atomic E-state index is 11.1. The molecule has 3 rings (SSSR count). The Morgan fingerprint density at radius 3 is 2.38 bits per heavy atom. The van der Waals surface area contributed by atoms with Crippen LogP contribution in [-0.2, 0) is 12.8 Å². The van der Waals surface area contributed by atoms with Crippen LogP contribution in [0.4, 0.5) is 11.5 Å². The van der Waals surface area contributed by atoms with E-state index in [1.807, 2.05) is 17.0 Å². The molecule has 0 N–H and O–H groups in total. The molecule has 0 amide bonds. The third-order valence-electron chi connectivity index (χ3n) is 3.64. The molecule has 1 aromatic heterocycles. The highest BCUT2D eigenvalue weighted by molar-refractivity contribution is 6.28. The average Bonchev–Trinajstić information content (AvgIpc) is 2.69. The Labute approximate surface area is 126 Å². The first-order valence-electron chi connectivity index (χ1n) is 6.64. The molecule has 21 heavy (non-hydrogen) atoms. The first kappa shape index (κ1) is 13.8. The van der Waals surface area contributed by atoms with Crippen LogP contribution in [0.25, 0.3) is 0 Å². The summed E-state index contributed by atoms with van der Waals surface area (Å²) in [4.78, 5) is 20.3. The Morgan fingerprint density at radius 2 is 1.81 bits per heavy atom. The standard InChI is InChI=1S/C14H13ClN4O2/c15-14-16-9-12(19(20)21)13(17-14)18-7-5-10-3-1-2-4-11(10)6-8-18/h1-4,9H,5-8H2. The van der Waals surface area contributed by atoms with Crippen LogP contribution in [-0.4, -0.2) is 28.0 Å². The number of rotatable bonds is 2. The van der Waals surface area contributed by atoms with E-state index in [0.29, 0.717) is 18.9 Å². The number of nitrogens with zero attached hydrogens (tertiary/aromatic N) is 4. The molecule has 0 atom stereocenters. The summed E-state index contributed by atoms with van der Waals surface area (Å²) in [6.07, 6.45) is 2.83. The number of hydrogen-bond donors (Lipinski definition) is 0. The van der Waals surface area contributed by atoms with Gasteiger partial charge in [0.1, 0.15) is 6.20 Å². The zero-order valence-electron chi connectivity index (χ0n) is 11.2. The Morgan fingerprint density at radius 1 is 1.19 bits per heavy atom. The summed E-state index contributed by atoms with van der Waals surface area (Å²) in [5.41, 5.74) is 2.45. The highest BCUT2D eigenvalue weighted by atomic mass is 35.5. The van der Waals surface area contributed by atoms with Crippen molar-refractivity contribution in [3.63, 3.8) is 0 Å². The Balaban J connectivity index is 1.93. The highest BCUT2D eigenvalue weighted by Gasteiger charge is 2.24. The summed E-state index contributed by atoms with van der Waals surface area (Å²) < 4.78 is 0. The lowest BCUT2D eigenvalue weighted by Crippen LogP contribution is -2.28. The van der Waals surface area contributed by atoms with Crippen LogP contribution in [0, 0.1) is 10.1 Å². The van der Waals surface area contributed by atoms with Crippen molar-refractivity contribution in [2.45, 2.75) is 12.8 Å². The normalized spacial score (nSPS) is 14.4. The van der Waals surface area contributed by atoms with E-state index in [1.165, 1.54) is 17.3 Å². The Hall–Kier alpha value is -2.21. The molecule has 0 saturated carbocycles. The van der Waals surface area contributed by atoms with Crippen LogP contribution in [0.1, 0.15) is 11.1 Å². The third kappa shape index (κ3) is 2.80. The van der Waals surface area contributed by atoms with Gasteiger partial charge in [-0.1, -0.05) is 24.3 Å². The summed E-state index contributed by atoms with van der Waals surface area (Å²) >= 11 is 5.80. The fourth-order valence-electron chi connectivity index (χ4n) is 2.59. The number of halogens is 1. The molecule has 0 unspecified atom stereocenters. The zero-order chi connectivity index (χ0) is 14.8. The van der Waals surface area contributed by atoms with Crippen molar-refractivity contribution >= 4 is 23.1 Å². The molecule has 108 valence electrons. The topological polar surface area (TPSA) is 72.2 Å². The van der Waals surface area contributed by atoms with E-state index in [0.717, 1.165) is 12.8 Å². The molecule has 7 heteroatoms. The molecule has 0 saturated heterocycles. The molecule has 0 bridgehead atoms. The van der Waals surface area contributed by atoms with E-state index in [2.05, 4.69) is 22.1 Å². The van der Waals surface area contributed by atoms with Crippen LogP contribution in [0.3, 0.4) is 0 Å². The van der Waals surface area contributed by atoms with Crippen molar-refractivity contribution in [1.29, 1.82) is 0 Å². The lowest BCUT2D eigenvalue weighted by atomic mass is 10.0. The van der Waals surface area contributed by atoms with Gasteiger partial charge in [0.05, 0.1) is 4.92 Å². The van der Waals surface area contributed by atoms with E-state index in [-0.39, 0.29) is 11.0 Å². The van der Waals surface area contributed by atoms with Crippen molar-refractivity contribution in [1.82, 2.24) is 9.97 Å². The van der Waals surface area contributed by atoms with Crippen molar-refractivity contribution < 1.29 is 4.92 Å². The highest BCUT2D eigenvalue weighted by Crippen LogP contribution is 2.28. The van der Waals surface area contributed by atoms with Crippen molar-refractivity contribution in [3.05, 3.63) is 57.0 Å². The van der Waals surface area contributed by atoms with Gasteiger partial charge in [0.25, 0.3) is 0 Å². The SMILES string of the molecule is O=[N+]([O-])c1cnc(Cl)nc1N1CCc2ccccc2CC1. The van der Waals surface area contributed by atoms with Gasteiger partial charge in [-0.15, -0.1) is 0 Å². The van der Waals surface area contributed by atoms with Gasteiger partial charge in [-0.25, -0.2) is 4.98 Å². The van der Waals surface area contributed by atoms with E-state index < -0.39 is 4.92 Å². The molecule has 0 spiro atoms. The largest absolute Gasteiger partial charge is 0.350 e. The molecule has 0 radical (unpaired) electrons. The molecule has 1 aliphatic heterocycles. The van der Waals surface area contributed by atoms with Gasteiger partial charge < -0.3 is 4.90 Å². The van der Waals surface area contributed by atoms with Crippen molar-refractivity contribution in [2.24, 2.45) is 0 Å². The summed E-state index contributed by atoms with van der Waals surface area (Å²) in [6.45, 7) is 1.34. The monoisotopic (exact) mass is 304 g/mol. The van der Waals surface area contributed by atoms with Crippen LogP contribution < -0.4 is 4.90 Å². The van der Waals surface area contributed by atoms with Crippen molar-refractivity contribution in [3.8, 4) is 0 Å². The molecular weight excluding hydrogens is 292 g/mol. The van der Waals surface area contributed by atoms with E-state index in [9.17, 15) is 10.1 Å². The van der Waals surface area contributed by atoms with Crippen LogP contribution >= 0.6 is 11.6 Å². The predicted octanol–water partition coefficient (Wildman–Crippen LogP) is 2.64. The molecule has 1 aromatic carbocycles. The van der Waals surface area contributed by atoms with Crippen LogP contribution in [0.5, 0.6) is 0 Å². The summed E-state index contributed by atoms with van der Waals surface area (Å²) in [6, 6.07) is 8.22. The number of aromatic nitrogens is 2. The van der Waals surface area contributed by atoms with Gasteiger partial charge in [-0.05, 0) is 35.6 Å². The molecule has 1 aliphatic rings. The fourth-order valence-corrected chi connectivity index (χ4v) is 2.72. The maximum absolute atomic E-state index is 11.1. The van der Waals surface area contributed by atoms with Gasteiger partial charge in [0.15, 0.2) is 0 Å². The first-order valence-corrected chi connectivity index (χ1v) is 7.01. The number of fused-ring (bicyclic) bond motifs is 1. The summed E-state index contributed by atoms with van der Waals surface area (Å²) in [5.74, 6) is 0.299. The first-order chi connectivity index (χ1) is 10.1. The predicted molar refractivity (Wildman–Crippen MR) is 79.8 cm³/mol. The second-order valence-electron chi connectivity index (χ2n) is 4.86. The second kappa shape index (κ2) is 5.65. The quantitative estimate of drug-likeness (QED) is 0.484. The van der Waals surface area contributed by atoms with E-state index >= 15 is 0 Å². The van der Waals surface area contributed by atoms with Gasteiger partial charge >= 0.3 is 5.69 Å². The molecule has 2 aromatic rings. The van der Waals surface area contributed by atoms with E-state index in [1.54, 1.807) is 0 Å². The van der Waals surface area contributed by atoms with Crippen molar-refractivity contribution in [2.75, 3.05) is 18.0 Å². The third-order valence-corrected chi connectivity index (χ3v) is 3.82. The summed E-state index contributed by atoms with van der Waals surface area (Å²) in [5, 5.41) is 11.2. The second-order valence-corrected chi connectivity index (χ2v) is 5.20. The number of nitro groups is 1. The number of benzene rings is 1. The van der Waals surface area contributed by atoms with E-state index in [4.69, 9.17) is 11.6 Å². The smallest absolute Gasteiger partial charge is 0.329 e. The van der Waals surface area contributed by atoms with Gasteiger partial charge in [-0.2, -0.15) is 4.98 Å². The molecule has 0 aliphatic carbocycles. The van der Waals surface area contributed by atoms with Crippen LogP contribution in [0.2, 0.25) is 5.28 Å². The van der Waals surface area contributed by atoms with Crippen LogP contribution in [0.15, 0.2) is 30.5 Å². The Bertz CT molecular complexity index is 665. The fraction of sp³-hybridized carbons (Fsp3) is 0.286. The minimum absolute atomic E-state index is 0.0253. The van der Waals surface area contributed by atoms with Gasteiger partial charge in [-0.3, -0.25) is 10.1 Å². The zero-order valence-corrected chi connectivity index (χ0v) is 12.0.